The fourth-order valence-corrected chi connectivity index (χ4v) is 5.25. The molecule has 7 heteroatoms. The minimum atomic E-state index is -0.516. The number of rotatable bonds is 6. The van der Waals surface area contributed by atoms with E-state index in [1.165, 1.54) is 4.68 Å². The van der Waals surface area contributed by atoms with Crippen LogP contribution in [0.5, 0.6) is 11.5 Å². The third-order valence-electron chi connectivity index (χ3n) is 7.01. The van der Waals surface area contributed by atoms with Gasteiger partial charge in [0.15, 0.2) is 17.3 Å². The third-order valence-corrected chi connectivity index (χ3v) is 7.01. The summed E-state index contributed by atoms with van der Waals surface area (Å²) in [5, 5.41) is 6.61. The van der Waals surface area contributed by atoms with Crippen LogP contribution in [-0.4, -0.2) is 22.7 Å². The Morgan fingerprint density at radius 3 is 2.43 bits per heavy atom. The van der Waals surface area contributed by atoms with E-state index in [-0.39, 0.29) is 11.3 Å². The molecule has 2 heterocycles. The molecule has 6 rings (SSSR count). The largest absolute Gasteiger partial charge is 0.493 e. The lowest BCUT2D eigenvalue weighted by molar-refractivity contribution is -0.116. The molecule has 2 N–H and O–H groups in total. The predicted molar refractivity (Wildman–Crippen MR) is 142 cm³/mol. The van der Waals surface area contributed by atoms with E-state index in [4.69, 9.17) is 9.47 Å². The average molecular weight is 494 g/mol. The molecule has 3 aromatic carbocycles. The number of allylic oxidation sites excluding steroid dienone is 2. The molecule has 0 unspecified atom stereocenters. The van der Waals surface area contributed by atoms with Crippen LogP contribution in [0.4, 0.5) is 5.82 Å². The van der Waals surface area contributed by atoms with Gasteiger partial charge in [0.1, 0.15) is 12.4 Å². The van der Waals surface area contributed by atoms with E-state index in [2.05, 4.69) is 10.4 Å². The van der Waals surface area contributed by atoms with Gasteiger partial charge in [-0.2, -0.15) is 0 Å². The summed E-state index contributed by atoms with van der Waals surface area (Å²) in [6.07, 6.45) is 2.00. The second-order valence-electron chi connectivity index (χ2n) is 9.29. The SMILES string of the molecule is COc1ccc([C@H]2C3=C(CCCC3=O)Nc3[nH]n(-c4ccccc4)c(=O)c32)cc1OCc1ccccc1. The number of ether oxygens (including phenoxy) is 2. The number of benzene rings is 3. The van der Waals surface area contributed by atoms with Crippen molar-refractivity contribution in [2.45, 2.75) is 31.8 Å². The molecule has 0 amide bonds. The number of carbonyl (C=O) groups excluding carboxylic acids is 1. The fourth-order valence-electron chi connectivity index (χ4n) is 5.25. The van der Waals surface area contributed by atoms with Gasteiger partial charge in [-0.15, -0.1) is 0 Å². The molecule has 1 aliphatic heterocycles. The Morgan fingerprint density at radius 2 is 1.68 bits per heavy atom. The standard InChI is InChI=1S/C30H27N3O4/c1-36-24-16-15-20(17-25(24)37-18-19-9-4-2-5-10-19)26-27-22(13-8-14-23(27)34)31-29-28(26)30(35)33(32-29)21-11-6-3-7-12-21/h2-7,9-12,15-17,26,31-32H,8,13-14,18H2,1H3/t26-/m0/s1. The van der Waals surface area contributed by atoms with Crippen molar-refractivity contribution in [3.05, 3.63) is 117 Å². The number of nitrogens with zero attached hydrogens (tertiary/aromatic N) is 1. The Kier molecular flexibility index (Phi) is 5.88. The second kappa shape index (κ2) is 9.50. The molecule has 1 aliphatic carbocycles. The normalized spacial score (nSPS) is 16.6. The number of Topliss-reactive ketones (excluding diaryl/α,β-unsaturated/α-hetero) is 1. The number of fused-ring (bicyclic) bond motifs is 1. The lowest BCUT2D eigenvalue weighted by Crippen LogP contribution is -2.29. The molecule has 1 atom stereocenters. The van der Waals surface area contributed by atoms with E-state index in [1.807, 2.05) is 78.9 Å². The van der Waals surface area contributed by atoms with Crippen LogP contribution in [-0.2, 0) is 11.4 Å². The molecule has 2 aliphatic rings. The molecular formula is C30H27N3O4. The van der Waals surface area contributed by atoms with Gasteiger partial charge in [0.2, 0.25) is 0 Å². The first-order valence-corrected chi connectivity index (χ1v) is 12.4. The van der Waals surface area contributed by atoms with E-state index in [9.17, 15) is 9.59 Å². The molecule has 0 spiro atoms. The van der Waals surface area contributed by atoms with Crippen LogP contribution in [0, 0.1) is 0 Å². The van der Waals surface area contributed by atoms with Crippen LogP contribution < -0.4 is 20.3 Å². The molecule has 186 valence electrons. The van der Waals surface area contributed by atoms with Crippen molar-refractivity contribution in [3.8, 4) is 17.2 Å². The monoisotopic (exact) mass is 493 g/mol. The lowest BCUT2D eigenvalue weighted by Gasteiger charge is -2.31. The molecule has 7 nitrogen and oxygen atoms in total. The summed E-state index contributed by atoms with van der Waals surface area (Å²) >= 11 is 0. The molecule has 0 fully saturated rings. The first kappa shape index (κ1) is 22.9. The van der Waals surface area contributed by atoms with Gasteiger partial charge in [0.25, 0.3) is 5.56 Å². The van der Waals surface area contributed by atoms with E-state index in [0.717, 1.165) is 35.4 Å². The van der Waals surface area contributed by atoms with Crippen LogP contribution in [0.15, 0.2) is 94.9 Å². The highest BCUT2D eigenvalue weighted by Gasteiger charge is 2.39. The highest BCUT2D eigenvalue weighted by molar-refractivity contribution is 6.01. The highest BCUT2D eigenvalue weighted by atomic mass is 16.5. The van der Waals surface area contributed by atoms with Gasteiger partial charge >= 0.3 is 0 Å². The number of nitrogens with one attached hydrogen (secondary N) is 2. The summed E-state index contributed by atoms with van der Waals surface area (Å²) in [6, 6.07) is 25.0. The summed E-state index contributed by atoms with van der Waals surface area (Å²) in [7, 11) is 1.60. The van der Waals surface area contributed by atoms with Crippen LogP contribution in [0.3, 0.4) is 0 Å². The fraction of sp³-hybridized carbons (Fsp3) is 0.200. The van der Waals surface area contributed by atoms with Crippen LogP contribution >= 0.6 is 0 Å². The third kappa shape index (κ3) is 4.12. The van der Waals surface area contributed by atoms with Crippen molar-refractivity contribution >= 4 is 11.6 Å². The number of hydrogen-bond acceptors (Lipinski definition) is 5. The van der Waals surface area contributed by atoms with Gasteiger partial charge in [-0.25, -0.2) is 4.68 Å². The zero-order chi connectivity index (χ0) is 25.4. The number of anilines is 1. The lowest BCUT2D eigenvalue weighted by atomic mass is 9.77. The maximum absolute atomic E-state index is 13.8. The van der Waals surface area contributed by atoms with Gasteiger partial charge in [0, 0.05) is 23.6 Å². The first-order chi connectivity index (χ1) is 18.1. The number of para-hydroxylation sites is 1. The van der Waals surface area contributed by atoms with Crippen molar-refractivity contribution in [1.29, 1.82) is 0 Å². The topological polar surface area (TPSA) is 85.4 Å². The van der Waals surface area contributed by atoms with Gasteiger partial charge in [-0.3, -0.25) is 14.7 Å². The van der Waals surface area contributed by atoms with Crippen molar-refractivity contribution in [2.24, 2.45) is 0 Å². The summed E-state index contributed by atoms with van der Waals surface area (Å²) in [5.74, 6) is 1.33. The summed E-state index contributed by atoms with van der Waals surface area (Å²) in [4.78, 5) is 27.1. The highest BCUT2D eigenvalue weighted by Crippen LogP contribution is 2.45. The van der Waals surface area contributed by atoms with Crippen molar-refractivity contribution in [2.75, 3.05) is 12.4 Å². The number of aromatic amines is 1. The number of ketones is 1. The molecule has 0 saturated heterocycles. The molecular weight excluding hydrogens is 466 g/mol. The Bertz CT molecular complexity index is 1550. The van der Waals surface area contributed by atoms with Crippen LogP contribution in [0.1, 0.15) is 41.9 Å². The van der Waals surface area contributed by atoms with E-state index in [1.54, 1.807) is 7.11 Å². The van der Waals surface area contributed by atoms with Crippen molar-refractivity contribution < 1.29 is 14.3 Å². The maximum Gasteiger partial charge on any atom is 0.277 e. The summed E-state index contributed by atoms with van der Waals surface area (Å²) in [5.41, 5.74) is 4.44. The molecule has 1 aromatic heterocycles. The minimum absolute atomic E-state index is 0.0684. The number of hydrogen-bond donors (Lipinski definition) is 2. The minimum Gasteiger partial charge on any atom is -0.493 e. The average Bonchev–Trinajstić information content (AvgIpc) is 3.27. The summed E-state index contributed by atoms with van der Waals surface area (Å²) in [6.45, 7) is 0.371. The number of methoxy groups -OCH3 is 1. The molecule has 0 radical (unpaired) electrons. The first-order valence-electron chi connectivity index (χ1n) is 12.4. The zero-order valence-corrected chi connectivity index (χ0v) is 20.5. The second-order valence-corrected chi connectivity index (χ2v) is 9.29. The van der Waals surface area contributed by atoms with E-state index >= 15 is 0 Å². The van der Waals surface area contributed by atoms with E-state index < -0.39 is 5.92 Å². The maximum atomic E-state index is 13.8. The number of carbonyl (C=O) groups is 1. The number of aromatic nitrogens is 2. The Labute approximate surface area is 214 Å². The van der Waals surface area contributed by atoms with Gasteiger partial charge in [0.05, 0.1) is 18.4 Å². The Morgan fingerprint density at radius 1 is 0.919 bits per heavy atom. The van der Waals surface area contributed by atoms with E-state index in [0.29, 0.717) is 41.5 Å². The van der Waals surface area contributed by atoms with Crippen LogP contribution in [0.25, 0.3) is 5.69 Å². The van der Waals surface area contributed by atoms with Crippen molar-refractivity contribution in [1.82, 2.24) is 9.78 Å². The van der Waals surface area contributed by atoms with Crippen molar-refractivity contribution in [3.63, 3.8) is 0 Å². The number of H-pyrrole nitrogens is 1. The molecule has 37 heavy (non-hydrogen) atoms. The van der Waals surface area contributed by atoms with Gasteiger partial charge in [-0.1, -0.05) is 54.6 Å². The predicted octanol–water partition coefficient (Wildman–Crippen LogP) is 5.32. The molecule has 0 saturated carbocycles. The molecule has 0 bridgehead atoms. The molecule has 4 aromatic rings. The zero-order valence-electron chi connectivity index (χ0n) is 20.5. The van der Waals surface area contributed by atoms with Gasteiger partial charge in [-0.05, 0) is 48.2 Å². The Balaban J connectivity index is 1.47. The smallest absolute Gasteiger partial charge is 0.277 e. The quantitative estimate of drug-likeness (QED) is 0.380. The Hall–Kier alpha value is -4.52. The van der Waals surface area contributed by atoms with Gasteiger partial charge < -0.3 is 14.8 Å². The summed E-state index contributed by atoms with van der Waals surface area (Å²) < 4.78 is 13.3. The van der Waals surface area contributed by atoms with Crippen LogP contribution in [0.2, 0.25) is 0 Å².